The molecule has 0 aliphatic carbocycles. The molecular weight excluding hydrogens is 296 g/mol. The van der Waals surface area contributed by atoms with E-state index in [-0.39, 0.29) is 6.42 Å². The van der Waals surface area contributed by atoms with Gasteiger partial charge in [-0.25, -0.2) is 4.79 Å². The van der Waals surface area contributed by atoms with Crippen LogP contribution in [0.3, 0.4) is 0 Å². The summed E-state index contributed by atoms with van der Waals surface area (Å²) >= 11 is 0. The number of aryl methyl sites for hydroxylation is 1. The van der Waals surface area contributed by atoms with Crippen LogP contribution in [0, 0.1) is 6.92 Å². The number of benzene rings is 2. The number of aliphatic carboxylic acids is 1. The maximum atomic E-state index is 11.6. The average molecular weight is 316 g/mol. The van der Waals surface area contributed by atoms with Gasteiger partial charge in [-0.3, -0.25) is 0 Å². The molecule has 0 fully saturated rings. The Morgan fingerprint density at radius 2 is 1.83 bits per heavy atom. The monoisotopic (exact) mass is 316 g/mol. The molecule has 5 heteroatoms. The maximum Gasteiger partial charge on any atom is 0.345 e. The van der Waals surface area contributed by atoms with Gasteiger partial charge >= 0.3 is 5.97 Å². The molecule has 0 aromatic heterocycles. The topological polar surface area (TPSA) is 65.0 Å². The Morgan fingerprint density at radius 3 is 2.43 bits per heavy atom. The lowest BCUT2D eigenvalue weighted by Gasteiger charge is -2.18. The predicted molar refractivity (Wildman–Crippen MR) is 86.5 cm³/mol. The molecule has 0 aliphatic heterocycles. The van der Waals surface area contributed by atoms with Crippen molar-refractivity contribution in [3.05, 3.63) is 53.6 Å². The van der Waals surface area contributed by atoms with Crippen molar-refractivity contribution >= 4 is 5.97 Å². The molecule has 0 amide bonds. The third-order valence-electron chi connectivity index (χ3n) is 3.54. The number of rotatable bonds is 7. The van der Waals surface area contributed by atoms with Crippen LogP contribution in [0.25, 0.3) is 0 Å². The highest BCUT2D eigenvalue weighted by Crippen LogP contribution is 2.27. The number of hydrogen-bond donors (Lipinski definition) is 1. The Hall–Kier alpha value is -2.69. The van der Waals surface area contributed by atoms with Crippen molar-refractivity contribution in [2.75, 3.05) is 14.2 Å². The molecule has 0 aliphatic rings. The first-order valence-electron chi connectivity index (χ1n) is 7.21. The number of methoxy groups -OCH3 is 2. The van der Waals surface area contributed by atoms with Crippen LogP contribution in [0.4, 0.5) is 0 Å². The van der Waals surface area contributed by atoms with Gasteiger partial charge in [0.05, 0.1) is 14.2 Å². The van der Waals surface area contributed by atoms with Gasteiger partial charge in [0.15, 0.2) is 6.10 Å². The molecular formula is C18H20O5. The first-order valence-corrected chi connectivity index (χ1v) is 7.21. The molecule has 2 rings (SSSR count). The number of hydrogen-bond acceptors (Lipinski definition) is 4. The Kier molecular flexibility index (Phi) is 5.46. The minimum atomic E-state index is -1.02. The minimum Gasteiger partial charge on any atom is -0.497 e. The largest absolute Gasteiger partial charge is 0.497 e. The van der Waals surface area contributed by atoms with E-state index in [2.05, 4.69) is 0 Å². The van der Waals surface area contributed by atoms with E-state index >= 15 is 0 Å². The van der Waals surface area contributed by atoms with E-state index in [0.29, 0.717) is 17.2 Å². The van der Waals surface area contributed by atoms with E-state index in [1.165, 1.54) is 7.11 Å². The Morgan fingerprint density at radius 1 is 1.09 bits per heavy atom. The quantitative estimate of drug-likeness (QED) is 0.850. The summed E-state index contributed by atoms with van der Waals surface area (Å²) in [7, 11) is 3.10. The van der Waals surface area contributed by atoms with Crippen molar-refractivity contribution in [3.8, 4) is 17.2 Å². The van der Waals surface area contributed by atoms with Crippen molar-refractivity contribution < 1.29 is 24.1 Å². The van der Waals surface area contributed by atoms with Crippen LogP contribution in [0.15, 0.2) is 42.5 Å². The fourth-order valence-corrected chi connectivity index (χ4v) is 2.24. The normalized spacial score (nSPS) is 11.6. The zero-order valence-electron chi connectivity index (χ0n) is 13.4. The van der Waals surface area contributed by atoms with E-state index in [1.54, 1.807) is 31.4 Å². The van der Waals surface area contributed by atoms with Gasteiger partial charge in [-0.1, -0.05) is 24.3 Å². The molecule has 2 aromatic carbocycles. The van der Waals surface area contributed by atoms with Crippen molar-refractivity contribution in [2.45, 2.75) is 19.4 Å². The summed E-state index contributed by atoms with van der Waals surface area (Å²) in [6.45, 7) is 1.88. The second-order valence-electron chi connectivity index (χ2n) is 5.09. The van der Waals surface area contributed by atoms with Crippen molar-refractivity contribution in [1.29, 1.82) is 0 Å². The zero-order valence-corrected chi connectivity index (χ0v) is 13.4. The predicted octanol–water partition coefficient (Wildman–Crippen LogP) is 3.09. The molecule has 0 unspecified atom stereocenters. The summed E-state index contributed by atoms with van der Waals surface area (Å²) in [6, 6.07) is 12.6. The van der Waals surface area contributed by atoms with Crippen LogP contribution in [0.1, 0.15) is 11.1 Å². The summed E-state index contributed by atoms with van der Waals surface area (Å²) in [4.78, 5) is 11.6. The number of carboxylic acid groups (broad SMARTS) is 1. The van der Waals surface area contributed by atoms with Crippen LogP contribution in [-0.2, 0) is 11.2 Å². The van der Waals surface area contributed by atoms with E-state index in [9.17, 15) is 9.90 Å². The third-order valence-corrected chi connectivity index (χ3v) is 3.54. The molecule has 0 spiro atoms. The summed E-state index contributed by atoms with van der Waals surface area (Å²) in [5, 5.41) is 9.46. The zero-order chi connectivity index (χ0) is 16.8. The number of carboxylic acids is 1. The van der Waals surface area contributed by atoms with E-state index < -0.39 is 12.1 Å². The smallest absolute Gasteiger partial charge is 0.345 e. The van der Waals surface area contributed by atoms with Crippen LogP contribution in [0.2, 0.25) is 0 Å². The number of carbonyl (C=O) groups is 1. The van der Waals surface area contributed by atoms with Crippen LogP contribution < -0.4 is 14.2 Å². The molecule has 0 saturated heterocycles. The van der Waals surface area contributed by atoms with Crippen molar-refractivity contribution in [1.82, 2.24) is 0 Å². The molecule has 23 heavy (non-hydrogen) atoms. The fraction of sp³-hybridized carbons (Fsp3) is 0.278. The highest BCUT2D eigenvalue weighted by molar-refractivity contribution is 5.73. The summed E-state index contributed by atoms with van der Waals surface area (Å²) in [6.07, 6.45) is -0.810. The molecule has 122 valence electrons. The van der Waals surface area contributed by atoms with Crippen molar-refractivity contribution in [2.24, 2.45) is 0 Å². The Balaban J connectivity index is 2.23. The van der Waals surface area contributed by atoms with Crippen LogP contribution in [-0.4, -0.2) is 31.4 Å². The van der Waals surface area contributed by atoms with Gasteiger partial charge < -0.3 is 19.3 Å². The van der Waals surface area contributed by atoms with Gasteiger partial charge in [0, 0.05) is 12.5 Å². The number of para-hydroxylation sites is 1. The summed E-state index contributed by atoms with van der Waals surface area (Å²) < 4.78 is 16.1. The van der Waals surface area contributed by atoms with Gasteiger partial charge in [-0.05, 0) is 30.2 Å². The first-order chi connectivity index (χ1) is 11.0. The van der Waals surface area contributed by atoms with Crippen LogP contribution in [0.5, 0.6) is 17.2 Å². The van der Waals surface area contributed by atoms with Gasteiger partial charge in [0.25, 0.3) is 0 Å². The lowest BCUT2D eigenvalue weighted by atomic mass is 10.1. The van der Waals surface area contributed by atoms with E-state index in [1.807, 2.05) is 25.1 Å². The van der Waals surface area contributed by atoms with Gasteiger partial charge in [0.2, 0.25) is 0 Å². The van der Waals surface area contributed by atoms with Gasteiger partial charge in [-0.2, -0.15) is 0 Å². The molecule has 0 bridgehead atoms. The molecule has 0 radical (unpaired) electrons. The van der Waals surface area contributed by atoms with E-state index in [4.69, 9.17) is 14.2 Å². The highest BCUT2D eigenvalue weighted by atomic mass is 16.5. The maximum absolute atomic E-state index is 11.6. The number of ether oxygens (including phenoxy) is 3. The standard InChI is InChI=1S/C18H20O5/c1-12-6-4-5-7-15(12)23-17(18(19)20)10-13-8-9-14(21-2)11-16(13)22-3/h4-9,11,17H,10H2,1-3H3,(H,19,20)/t17-/m0/s1. The molecule has 0 heterocycles. The lowest BCUT2D eigenvalue weighted by molar-refractivity contribution is -0.145. The minimum absolute atomic E-state index is 0.191. The molecule has 0 saturated carbocycles. The average Bonchev–Trinajstić information content (AvgIpc) is 2.56. The highest BCUT2D eigenvalue weighted by Gasteiger charge is 2.22. The second kappa shape index (κ2) is 7.54. The van der Waals surface area contributed by atoms with Gasteiger partial charge in [0.1, 0.15) is 17.2 Å². The molecule has 5 nitrogen and oxygen atoms in total. The van der Waals surface area contributed by atoms with E-state index in [0.717, 1.165) is 11.1 Å². The molecule has 1 N–H and O–H groups in total. The molecule has 2 aromatic rings. The first kappa shape index (κ1) is 16.7. The molecule has 1 atom stereocenters. The van der Waals surface area contributed by atoms with Crippen molar-refractivity contribution in [3.63, 3.8) is 0 Å². The fourth-order valence-electron chi connectivity index (χ4n) is 2.24. The SMILES string of the molecule is COc1ccc(C[C@H](Oc2ccccc2C)C(=O)O)c(OC)c1. The van der Waals surface area contributed by atoms with Crippen LogP contribution >= 0.6 is 0 Å². The van der Waals surface area contributed by atoms with Gasteiger partial charge in [-0.15, -0.1) is 0 Å². The summed E-state index contributed by atoms with van der Waals surface area (Å²) in [5.74, 6) is 0.764. The second-order valence-corrected chi connectivity index (χ2v) is 5.09. The summed E-state index contributed by atoms with van der Waals surface area (Å²) in [5.41, 5.74) is 1.63. The third kappa shape index (κ3) is 4.16. The lowest BCUT2D eigenvalue weighted by Crippen LogP contribution is -2.29. The Labute approximate surface area is 135 Å². The Bertz CT molecular complexity index is 681.